The van der Waals surface area contributed by atoms with E-state index < -0.39 is 5.97 Å². The Labute approximate surface area is 124 Å². The summed E-state index contributed by atoms with van der Waals surface area (Å²) in [5.74, 6) is -0.925. The Kier molecular flexibility index (Phi) is 4.48. The first kappa shape index (κ1) is 15.3. The SMILES string of the molecule is CCC(C)(CCO)Nc1ccc(C(=O)O)c2ccccc12. The van der Waals surface area contributed by atoms with Gasteiger partial charge in [-0.15, -0.1) is 0 Å². The van der Waals surface area contributed by atoms with Crippen LogP contribution in [0.5, 0.6) is 0 Å². The molecule has 0 amide bonds. The van der Waals surface area contributed by atoms with Crippen LogP contribution in [0.15, 0.2) is 36.4 Å². The van der Waals surface area contributed by atoms with E-state index in [1.807, 2.05) is 24.3 Å². The predicted octanol–water partition coefficient (Wildman–Crippen LogP) is 3.50. The van der Waals surface area contributed by atoms with Gasteiger partial charge in [0.1, 0.15) is 0 Å². The van der Waals surface area contributed by atoms with Crippen molar-refractivity contribution in [3.8, 4) is 0 Å². The number of aromatic carboxylic acids is 1. The molecule has 2 rings (SSSR count). The predicted molar refractivity (Wildman–Crippen MR) is 84.9 cm³/mol. The molecule has 0 aliphatic carbocycles. The molecule has 0 saturated carbocycles. The molecule has 21 heavy (non-hydrogen) atoms. The Hall–Kier alpha value is -2.07. The van der Waals surface area contributed by atoms with Gasteiger partial charge in [-0.05, 0) is 37.3 Å². The number of rotatable bonds is 6. The Balaban J connectivity index is 2.51. The zero-order valence-electron chi connectivity index (χ0n) is 12.4. The average molecular weight is 287 g/mol. The fraction of sp³-hybridized carbons (Fsp3) is 0.353. The van der Waals surface area contributed by atoms with Crippen molar-refractivity contribution < 1.29 is 15.0 Å². The second-order valence-corrected chi connectivity index (χ2v) is 5.52. The van der Waals surface area contributed by atoms with Crippen molar-refractivity contribution in [1.82, 2.24) is 0 Å². The quantitative estimate of drug-likeness (QED) is 0.760. The van der Waals surface area contributed by atoms with Gasteiger partial charge < -0.3 is 15.5 Å². The number of hydrogen-bond acceptors (Lipinski definition) is 3. The number of nitrogens with one attached hydrogen (secondary N) is 1. The van der Waals surface area contributed by atoms with Crippen LogP contribution in [-0.4, -0.2) is 28.3 Å². The molecule has 2 aromatic carbocycles. The summed E-state index contributed by atoms with van der Waals surface area (Å²) in [4.78, 5) is 11.3. The molecule has 1 unspecified atom stereocenters. The Morgan fingerprint density at radius 2 is 1.86 bits per heavy atom. The highest BCUT2D eigenvalue weighted by molar-refractivity contribution is 6.07. The van der Waals surface area contributed by atoms with Crippen LogP contribution in [0.3, 0.4) is 0 Å². The van der Waals surface area contributed by atoms with Crippen molar-refractivity contribution in [1.29, 1.82) is 0 Å². The fourth-order valence-corrected chi connectivity index (χ4v) is 2.49. The third-order valence-electron chi connectivity index (χ3n) is 4.03. The number of fused-ring (bicyclic) bond motifs is 1. The van der Waals surface area contributed by atoms with E-state index >= 15 is 0 Å². The number of hydrogen-bond donors (Lipinski definition) is 3. The van der Waals surface area contributed by atoms with Crippen molar-refractivity contribution in [3.63, 3.8) is 0 Å². The molecule has 0 fully saturated rings. The number of aliphatic hydroxyl groups excluding tert-OH is 1. The zero-order valence-corrected chi connectivity index (χ0v) is 12.4. The molecule has 0 aromatic heterocycles. The van der Waals surface area contributed by atoms with E-state index in [1.54, 1.807) is 12.1 Å². The first-order valence-electron chi connectivity index (χ1n) is 7.15. The van der Waals surface area contributed by atoms with Crippen molar-refractivity contribution >= 4 is 22.4 Å². The van der Waals surface area contributed by atoms with E-state index in [0.29, 0.717) is 12.0 Å². The summed E-state index contributed by atoms with van der Waals surface area (Å²) in [6.07, 6.45) is 1.50. The van der Waals surface area contributed by atoms with Crippen molar-refractivity contribution in [2.45, 2.75) is 32.2 Å². The van der Waals surface area contributed by atoms with Crippen LogP contribution in [-0.2, 0) is 0 Å². The molecule has 0 aliphatic rings. The van der Waals surface area contributed by atoms with E-state index in [1.165, 1.54) is 0 Å². The third-order valence-corrected chi connectivity index (χ3v) is 4.03. The van der Waals surface area contributed by atoms with Crippen LogP contribution >= 0.6 is 0 Å². The number of aliphatic hydroxyl groups is 1. The van der Waals surface area contributed by atoms with Gasteiger partial charge in [-0.1, -0.05) is 31.2 Å². The summed E-state index contributed by atoms with van der Waals surface area (Å²) >= 11 is 0. The monoisotopic (exact) mass is 287 g/mol. The van der Waals surface area contributed by atoms with Gasteiger partial charge in [-0.2, -0.15) is 0 Å². The van der Waals surface area contributed by atoms with E-state index in [9.17, 15) is 15.0 Å². The Morgan fingerprint density at radius 3 is 2.43 bits per heavy atom. The molecule has 3 N–H and O–H groups in total. The first-order valence-corrected chi connectivity index (χ1v) is 7.15. The van der Waals surface area contributed by atoms with Gasteiger partial charge in [-0.3, -0.25) is 0 Å². The minimum absolute atomic E-state index is 0.114. The lowest BCUT2D eigenvalue weighted by molar-refractivity contribution is 0.0699. The molecule has 0 radical (unpaired) electrons. The lowest BCUT2D eigenvalue weighted by atomic mass is 9.93. The first-order chi connectivity index (χ1) is 10.0. The minimum Gasteiger partial charge on any atom is -0.478 e. The van der Waals surface area contributed by atoms with Crippen LogP contribution in [0.25, 0.3) is 10.8 Å². The number of carbonyl (C=O) groups is 1. The van der Waals surface area contributed by atoms with Gasteiger partial charge >= 0.3 is 5.97 Å². The lowest BCUT2D eigenvalue weighted by Gasteiger charge is -2.31. The number of carboxylic acid groups (broad SMARTS) is 1. The van der Waals surface area contributed by atoms with Crippen LogP contribution in [0.4, 0.5) is 5.69 Å². The minimum atomic E-state index is -0.925. The number of carboxylic acids is 1. The van der Waals surface area contributed by atoms with Crippen LogP contribution < -0.4 is 5.32 Å². The summed E-state index contributed by atoms with van der Waals surface area (Å²) in [6, 6.07) is 10.9. The smallest absolute Gasteiger partial charge is 0.336 e. The molecule has 4 nitrogen and oxygen atoms in total. The molecule has 0 saturated heterocycles. The van der Waals surface area contributed by atoms with E-state index in [0.717, 1.165) is 22.9 Å². The molecule has 0 aliphatic heterocycles. The van der Waals surface area contributed by atoms with Gasteiger partial charge in [0.25, 0.3) is 0 Å². The largest absolute Gasteiger partial charge is 0.478 e. The summed E-state index contributed by atoms with van der Waals surface area (Å²) in [6.45, 7) is 4.24. The number of benzene rings is 2. The molecule has 0 bridgehead atoms. The zero-order chi connectivity index (χ0) is 15.5. The molecule has 4 heteroatoms. The Morgan fingerprint density at radius 1 is 1.19 bits per heavy atom. The molecule has 1 atom stereocenters. The van der Waals surface area contributed by atoms with Gasteiger partial charge in [-0.25, -0.2) is 4.79 Å². The van der Waals surface area contributed by atoms with Gasteiger partial charge in [0, 0.05) is 23.2 Å². The fourth-order valence-electron chi connectivity index (χ4n) is 2.49. The normalized spacial score (nSPS) is 13.9. The van der Waals surface area contributed by atoms with Crippen molar-refractivity contribution in [2.24, 2.45) is 0 Å². The maximum atomic E-state index is 11.3. The van der Waals surface area contributed by atoms with E-state index in [4.69, 9.17) is 0 Å². The van der Waals surface area contributed by atoms with Crippen LogP contribution in [0.2, 0.25) is 0 Å². The molecule has 0 heterocycles. The summed E-state index contributed by atoms with van der Waals surface area (Å²) in [5, 5.41) is 23.6. The second kappa shape index (κ2) is 6.14. The summed E-state index contributed by atoms with van der Waals surface area (Å²) in [7, 11) is 0. The standard InChI is InChI=1S/C17H21NO3/c1-3-17(2,10-11-19)18-15-9-8-14(16(20)21)12-6-4-5-7-13(12)15/h4-9,18-19H,3,10-11H2,1-2H3,(H,20,21). The van der Waals surface area contributed by atoms with Crippen molar-refractivity contribution in [3.05, 3.63) is 42.0 Å². The topological polar surface area (TPSA) is 69.6 Å². The summed E-state index contributed by atoms with van der Waals surface area (Å²) in [5.41, 5.74) is 0.979. The molecular formula is C17H21NO3. The lowest BCUT2D eigenvalue weighted by Crippen LogP contribution is -2.35. The highest BCUT2D eigenvalue weighted by atomic mass is 16.4. The highest BCUT2D eigenvalue weighted by Crippen LogP contribution is 2.30. The third kappa shape index (κ3) is 3.16. The van der Waals surface area contributed by atoms with E-state index in [2.05, 4.69) is 19.2 Å². The van der Waals surface area contributed by atoms with Gasteiger partial charge in [0.05, 0.1) is 5.56 Å². The average Bonchev–Trinajstić information content (AvgIpc) is 2.47. The molecular weight excluding hydrogens is 266 g/mol. The maximum Gasteiger partial charge on any atom is 0.336 e. The number of anilines is 1. The van der Waals surface area contributed by atoms with Gasteiger partial charge in [0.2, 0.25) is 0 Å². The van der Waals surface area contributed by atoms with Crippen LogP contribution in [0.1, 0.15) is 37.0 Å². The van der Waals surface area contributed by atoms with Crippen LogP contribution in [0, 0.1) is 0 Å². The van der Waals surface area contributed by atoms with Gasteiger partial charge in [0.15, 0.2) is 0 Å². The highest BCUT2D eigenvalue weighted by Gasteiger charge is 2.22. The summed E-state index contributed by atoms with van der Waals surface area (Å²) < 4.78 is 0. The second-order valence-electron chi connectivity index (χ2n) is 5.52. The molecule has 2 aromatic rings. The van der Waals surface area contributed by atoms with E-state index in [-0.39, 0.29) is 12.1 Å². The maximum absolute atomic E-state index is 11.3. The molecule has 112 valence electrons. The Bertz CT molecular complexity index is 654. The molecule has 0 spiro atoms. The van der Waals surface area contributed by atoms with Crippen molar-refractivity contribution in [2.75, 3.05) is 11.9 Å².